The summed E-state index contributed by atoms with van der Waals surface area (Å²) in [6.07, 6.45) is 0.651. The smallest absolute Gasteiger partial charge is 0.251 e. The fraction of sp³-hybridized carbons (Fsp3) is 0.188. The second-order valence-corrected chi connectivity index (χ2v) is 4.72. The van der Waals surface area contributed by atoms with Crippen LogP contribution in [0.2, 0.25) is 0 Å². The highest BCUT2D eigenvalue weighted by molar-refractivity contribution is 6.02. The Kier molecular flexibility index (Phi) is 2.95. The van der Waals surface area contributed by atoms with Gasteiger partial charge in [-0.2, -0.15) is 0 Å². The van der Waals surface area contributed by atoms with Gasteiger partial charge in [0.2, 0.25) is 0 Å². The van der Waals surface area contributed by atoms with Gasteiger partial charge in [-0.15, -0.1) is 0 Å². The van der Waals surface area contributed by atoms with Crippen LogP contribution in [0.15, 0.2) is 54.6 Å². The standard InChI is InChI=1S/C16H15N2O/c1-18-15-10-6-5-9-13(15)17-14(16(18)19)11-12-7-3-2-4-8-12/h2-10,14H,11H2,1H3/t14-/m0/s1. The summed E-state index contributed by atoms with van der Waals surface area (Å²) >= 11 is 0. The number of benzene rings is 2. The molecule has 19 heavy (non-hydrogen) atoms. The third kappa shape index (κ3) is 2.19. The SMILES string of the molecule is CN1C(=O)[C@H](Cc2ccccc2)[N]c2ccccc21. The number of likely N-dealkylation sites (N-methyl/N-ethyl adjacent to an activating group) is 1. The number of para-hydroxylation sites is 2. The Hall–Kier alpha value is -2.29. The zero-order valence-corrected chi connectivity index (χ0v) is 10.8. The Morgan fingerprint density at radius 2 is 1.74 bits per heavy atom. The summed E-state index contributed by atoms with van der Waals surface area (Å²) in [4.78, 5) is 14.0. The largest absolute Gasteiger partial charge is 0.312 e. The third-order valence-electron chi connectivity index (χ3n) is 3.43. The van der Waals surface area contributed by atoms with E-state index in [1.54, 1.807) is 4.90 Å². The molecular weight excluding hydrogens is 236 g/mol. The Labute approximate surface area is 112 Å². The zero-order valence-electron chi connectivity index (χ0n) is 10.8. The lowest BCUT2D eigenvalue weighted by Gasteiger charge is -2.31. The minimum absolute atomic E-state index is 0.0579. The van der Waals surface area contributed by atoms with Crippen LogP contribution in [0, 0.1) is 0 Å². The van der Waals surface area contributed by atoms with Gasteiger partial charge in [0, 0.05) is 13.5 Å². The van der Waals surface area contributed by atoms with Crippen LogP contribution in [-0.4, -0.2) is 19.0 Å². The second kappa shape index (κ2) is 4.76. The molecule has 1 amide bonds. The number of carbonyl (C=O) groups is 1. The lowest BCUT2D eigenvalue weighted by molar-refractivity contribution is -0.120. The molecule has 0 aliphatic carbocycles. The number of fused-ring (bicyclic) bond motifs is 1. The molecule has 0 saturated heterocycles. The van der Waals surface area contributed by atoms with Crippen molar-refractivity contribution < 1.29 is 4.79 Å². The topological polar surface area (TPSA) is 34.4 Å². The summed E-state index contributed by atoms with van der Waals surface area (Å²) in [6.45, 7) is 0. The molecule has 0 spiro atoms. The summed E-state index contributed by atoms with van der Waals surface area (Å²) in [5, 5.41) is 4.58. The molecule has 0 fully saturated rings. The molecule has 3 rings (SSSR count). The van der Waals surface area contributed by atoms with E-state index < -0.39 is 0 Å². The molecule has 0 aromatic heterocycles. The van der Waals surface area contributed by atoms with Crippen LogP contribution >= 0.6 is 0 Å². The number of anilines is 1. The molecule has 0 saturated carbocycles. The van der Waals surface area contributed by atoms with Crippen LogP contribution in [0.4, 0.5) is 11.4 Å². The number of hydrogen-bond acceptors (Lipinski definition) is 1. The predicted octanol–water partition coefficient (Wildman–Crippen LogP) is 2.51. The highest BCUT2D eigenvalue weighted by Crippen LogP contribution is 2.30. The van der Waals surface area contributed by atoms with E-state index in [1.165, 1.54) is 0 Å². The molecule has 95 valence electrons. The fourth-order valence-electron chi connectivity index (χ4n) is 2.39. The van der Waals surface area contributed by atoms with Gasteiger partial charge in [-0.3, -0.25) is 10.1 Å². The maximum absolute atomic E-state index is 12.3. The molecule has 2 aromatic rings. The van der Waals surface area contributed by atoms with Gasteiger partial charge < -0.3 is 4.90 Å². The van der Waals surface area contributed by atoms with Crippen LogP contribution in [0.25, 0.3) is 0 Å². The summed E-state index contributed by atoms with van der Waals surface area (Å²) in [5.74, 6) is 0.0579. The van der Waals surface area contributed by atoms with E-state index in [0.29, 0.717) is 6.42 Å². The number of amides is 1. The van der Waals surface area contributed by atoms with Crippen molar-refractivity contribution in [1.29, 1.82) is 0 Å². The zero-order chi connectivity index (χ0) is 13.2. The van der Waals surface area contributed by atoms with Gasteiger partial charge in [-0.25, -0.2) is 0 Å². The quantitative estimate of drug-likeness (QED) is 0.807. The monoisotopic (exact) mass is 251 g/mol. The molecule has 0 bridgehead atoms. The summed E-state index contributed by atoms with van der Waals surface area (Å²) in [7, 11) is 1.81. The predicted molar refractivity (Wildman–Crippen MR) is 75.6 cm³/mol. The number of nitrogens with zero attached hydrogens (tertiary/aromatic N) is 2. The van der Waals surface area contributed by atoms with Gasteiger partial charge in [0.05, 0.1) is 11.4 Å². The maximum Gasteiger partial charge on any atom is 0.251 e. The summed E-state index contributed by atoms with van der Waals surface area (Å²) in [5.41, 5.74) is 2.92. The van der Waals surface area contributed by atoms with Crippen LogP contribution < -0.4 is 10.2 Å². The van der Waals surface area contributed by atoms with Gasteiger partial charge in [0.1, 0.15) is 6.04 Å². The molecule has 1 aliphatic heterocycles. The highest BCUT2D eigenvalue weighted by Gasteiger charge is 2.31. The molecule has 3 heteroatoms. The lowest BCUT2D eigenvalue weighted by atomic mass is 10.0. The normalized spacial score (nSPS) is 17.8. The molecule has 1 atom stereocenters. The van der Waals surface area contributed by atoms with Crippen molar-refractivity contribution in [2.45, 2.75) is 12.5 Å². The Morgan fingerprint density at radius 3 is 2.53 bits per heavy atom. The first-order valence-corrected chi connectivity index (χ1v) is 6.37. The highest BCUT2D eigenvalue weighted by atomic mass is 16.2. The minimum Gasteiger partial charge on any atom is -0.312 e. The first-order chi connectivity index (χ1) is 9.25. The van der Waals surface area contributed by atoms with E-state index >= 15 is 0 Å². The Bertz CT molecular complexity index is 595. The average molecular weight is 251 g/mol. The molecule has 1 radical (unpaired) electrons. The fourth-order valence-corrected chi connectivity index (χ4v) is 2.39. The maximum atomic E-state index is 12.3. The van der Waals surface area contributed by atoms with Gasteiger partial charge in [-0.05, 0) is 17.7 Å². The Morgan fingerprint density at radius 1 is 1.05 bits per heavy atom. The van der Waals surface area contributed by atoms with Gasteiger partial charge in [0.15, 0.2) is 0 Å². The van der Waals surface area contributed by atoms with Crippen LogP contribution in [0.1, 0.15) is 5.56 Å². The van der Waals surface area contributed by atoms with Crippen molar-refractivity contribution in [3.8, 4) is 0 Å². The first-order valence-electron chi connectivity index (χ1n) is 6.37. The Balaban J connectivity index is 1.87. The molecule has 0 N–H and O–H groups in total. The first kappa shape index (κ1) is 11.8. The van der Waals surface area contributed by atoms with Gasteiger partial charge in [-0.1, -0.05) is 42.5 Å². The van der Waals surface area contributed by atoms with E-state index in [9.17, 15) is 4.79 Å². The summed E-state index contributed by atoms with van der Waals surface area (Å²) in [6, 6.07) is 17.5. The van der Waals surface area contributed by atoms with Crippen LogP contribution in [0.3, 0.4) is 0 Å². The molecule has 1 aliphatic rings. The van der Waals surface area contributed by atoms with E-state index in [-0.39, 0.29) is 11.9 Å². The molecular formula is C16H15N2O. The molecule has 0 unspecified atom stereocenters. The second-order valence-electron chi connectivity index (χ2n) is 4.72. The van der Waals surface area contributed by atoms with Crippen molar-refractivity contribution in [3.05, 3.63) is 60.2 Å². The third-order valence-corrected chi connectivity index (χ3v) is 3.43. The average Bonchev–Trinajstić information content (AvgIpc) is 2.46. The van der Waals surface area contributed by atoms with Crippen molar-refractivity contribution in [2.24, 2.45) is 0 Å². The van der Waals surface area contributed by atoms with Crippen LogP contribution in [-0.2, 0) is 11.2 Å². The number of hydrogen-bond donors (Lipinski definition) is 0. The van der Waals surface area contributed by atoms with Gasteiger partial charge in [0.25, 0.3) is 5.91 Å². The number of carbonyl (C=O) groups excluding carboxylic acids is 1. The van der Waals surface area contributed by atoms with Crippen molar-refractivity contribution in [2.75, 3.05) is 11.9 Å². The number of rotatable bonds is 2. The van der Waals surface area contributed by atoms with E-state index in [2.05, 4.69) is 5.32 Å². The van der Waals surface area contributed by atoms with Crippen LogP contribution in [0.5, 0.6) is 0 Å². The summed E-state index contributed by atoms with van der Waals surface area (Å²) < 4.78 is 0. The molecule has 1 heterocycles. The van der Waals surface area contributed by atoms with E-state index in [0.717, 1.165) is 16.9 Å². The van der Waals surface area contributed by atoms with E-state index in [1.807, 2.05) is 61.6 Å². The van der Waals surface area contributed by atoms with Gasteiger partial charge >= 0.3 is 0 Å². The molecule has 2 aromatic carbocycles. The lowest BCUT2D eigenvalue weighted by Crippen LogP contribution is -2.45. The van der Waals surface area contributed by atoms with Crippen molar-refractivity contribution >= 4 is 17.3 Å². The molecule has 3 nitrogen and oxygen atoms in total. The van der Waals surface area contributed by atoms with E-state index in [4.69, 9.17) is 0 Å². The van der Waals surface area contributed by atoms with Crippen molar-refractivity contribution in [1.82, 2.24) is 5.32 Å². The minimum atomic E-state index is -0.317. The van der Waals surface area contributed by atoms with Crippen molar-refractivity contribution in [3.63, 3.8) is 0 Å².